The molecule has 0 saturated carbocycles. The van der Waals surface area contributed by atoms with Crippen LogP contribution >= 0.6 is 11.8 Å². The highest BCUT2D eigenvalue weighted by Gasteiger charge is 2.24. The molecular formula is C14H13NO2S. The van der Waals surface area contributed by atoms with E-state index in [1.165, 1.54) is 10.5 Å². The number of rotatable bonds is 3. The Morgan fingerprint density at radius 3 is 3.00 bits per heavy atom. The highest BCUT2D eigenvalue weighted by atomic mass is 32.2. The van der Waals surface area contributed by atoms with E-state index in [1.54, 1.807) is 12.1 Å². The van der Waals surface area contributed by atoms with Crippen LogP contribution in [0.1, 0.15) is 22.0 Å². The Labute approximate surface area is 109 Å². The summed E-state index contributed by atoms with van der Waals surface area (Å²) >= 11 is 1.85. The zero-order chi connectivity index (χ0) is 12.5. The van der Waals surface area contributed by atoms with E-state index in [0.717, 1.165) is 12.3 Å². The van der Waals surface area contributed by atoms with E-state index in [2.05, 4.69) is 12.1 Å². The molecule has 1 unspecified atom stereocenters. The quantitative estimate of drug-likeness (QED) is 0.921. The lowest BCUT2D eigenvalue weighted by atomic mass is 10.0. The van der Waals surface area contributed by atoms with E-state index >= 15 is 0 Å². The molecule has 1 aliphatic heterocycles. The predicted molar refractivity (Wildman–Crippen MR) is 71.3 cm³/mol. The Bertz CT molecular complexity index is 591. The number of benzene rings is 1. The van der Waals surface area contributed by atoms with Crippen molar-refractivity contribution in [1.82, 2.24) is 4.57 Å². The van der Waals surface area contributed by atoms with Gasteiger partial charge in [0.15, 0.2) is 0 Å². The molecule has 92 valence electrons. The van der Waals surface area contributed by atoms with E-state index in [1.807, 2.05) is 34.7 Å². The zero-order valence-corrected chi connectivity index (χ0v) is 10.6. The standard InChI is InChI=1S/C14H13NO2S/c16-14(17)12-5-3-7-15(12)8-10-9-18-13-6-2-1-4-11(10)13/h1-7,10H,8-9H2,(H,16,17). The molecule has 1 atom stereocenters. The van der Waals surface area contributed by atoms with Crippen LogP contribution in [0.15, 0.2) is 47.5 Å². The molecule has 2 heterocycles. The van der Waals surface area contributed by atoms with Gasteiger partial charge in [0.25, 0.3) is 0 Å². The first-order valence-electron chi connectivity index (χ1n) is 5.86. The van der Waals surface area contributed by atoms with Gasteiger partial charge < -0.3 is 9.67 Å². The number of hydrogen-bond acceptors (Lipinski definition) is 2. The second-order valence-electron chi connectivity index (χ2n) is 4.40. The number of carbonyl (C=O) groups is 1. The third kappa shape index (κ3) is 1.93. The smallest absolute Gasteiger partial charge is 0.352 e. The minimum atomic E-state index is -0.862. The highest BCUT2D eigenvalue weighted by Crippen LogP contribution is 2.40. The summed E-state index contributed by atoms with van der Waals surface area (Å²) in [6.45, 7) is 0.735. The maximum absolute atomic E-state index is 11.1. The van der Waals surface area contributed by atoms with Gasteiger partial charge in [0.1, 0.15) is 5.69 Å². The van der Waals surface area contributed by atoms with Crippen molar-refractivity contribution in [1.29, 1.82) is 0 Å². The van der Waals surface area contributed by atoms with Gasteiger partial charge in [-0.25, -0.2) is 4.79 Å². The number of carboxylic acids is 1. The van der Waals surface area contributed by atoms with Gasteiger partial charge in [0, 0.05) is 29.3 Å². The Morgan fingerprint density at radius 2 is 2.17 bits per heavy atom. The molecule has 1 aliphatic rings. The van der Waals surface area contributed by atoms with Gasteiger partial charge in [-0.05, 0) is 23.8 Å². The van der Waals surface area contributed by atoms with Crippen molar-refractivity contribution in [2.24, 2.45) is 0 Å². The van der Waals surface area contributed by atoms with Gasteiger partial charge in [0.05, 0.1) is 0 Å². The number of aromatic nitrogens is 1. The van der Waals surface area contributed by atoms with E-state index < -0.39 is 5.97 Å². The fourth-order valence-corrected chi connectivity index (χ4v) is 3.63. The third-order valence-electron chi connectivity index (χ3n) is 3.26. The van der Waals surface area contributed by atoms with Crippen LogP contribution in [0.4, 0.5) is 0 Å². The summed E-state index contributed by atoms with van der Waals surface area (Å²) in [5.74, 6) is 0.562. The SMILES string of the molecule is O=C(O)c1cccn1CC1CSc2ccccc21. The van der Waals surface area contributed by atoms with Crippen molar-refractivity contribution in [2.45, 2.75) is 17.4 Å². The summed E-state index contributed by atoms with van der Waals surface area (Å²) in [6.07, 6.45) is 1.84. The number of carboxylic acid groups (broad SMARTS) is 1. The summed E-state index contributed by atoms with van der Waals surface area (Å²) in [6, 6.07) is 11.8. The van der Waals surface area contributed by atoms with Gasteiger partial charge in [-0.1, -0.05) is 18.2 Å². The molecule has 18 heavy (non-hydrogen) atoms. The zero-order valence-electron chi connectivity index (χ0n) is 9.74. The van der Waals surface area contributed by atoms with Crippen molar-refractivity contribution in [3.8, 4) is 0 Å². The van der Waals surface area contributed by atoms with Crippen LogP contribution in [0.3, 0.4) is 0 Å². The largest absolute Gasteiger partial charge is 0.477 e. The molecule has 0 saturated heterocycles. The second kappa shape index (κ2) is 4.53. The number of fused-ring (bicyclic) bond motifs is 1. The lowest BCUT2D eigenvalue weighted by Gasteiger charge is -2.13. The van der Waals surface area contributed by atoms with Crippen LogP contribution in [0, 0.1) is 0 Å². The molecule has 3 nitrogen and oxygen atoms in total. The minimum absolute atomic E-state index is 0.365. The first-order valence-corrected chi connectivity index (χ1v) is 6.84. The van der Waals surface area contributed by atoms with Crippen LogP contribution in [0.2, 0.25) is 0 Å². The normalized spacial score (nSPS) is 17.7. The lowest BCUT2D eigenvalue weighted by molar-refractivity contribution is 0.0684. The van der Waals surface area contributed by atoms with Crippen molar-refractivity contribution in [3.05, 3.63) is 53.9 Å². The Morgan fingerprint density at radius 1 is 1.33 bits per heavy atom. The first-order chi connectivity index (χ1) is 8.75. The molecule has 1 aromatic carbocycles. The monoisotopic (exact) mass is 259 g/mol. The van der Waals surface area contributed by atoms with Crippen molar-refractivity contribution in [3.63, 3.8) is 0 Å². The van der Waals surface area contributed by atoms with Crippen molar-refractivity contribution >= 4 is 17.7 Å². The average Bonchev–Trinajstić information content (AvgIpc) is 2.97. The Hall–Kier alpha value is -1.68. The molecule has 0 fully saturated rings. The van der Waals surface area contributed by atoms with Crippen molar-refractivity contribution < 1.29 is 9.90 Å². The number of nitrogens with zero attached hydrogens (tertiary/aromatic N) is 1. The maximum atomic E-state index is 11.1. The molecule has 0 aliphatic carbocycles. The van der Waals surface area contributed by atoms with Crippen molar-refractivity contribution in [2.75, 3.05) is 5.75 Å². The maximum Gasteiger partial charge on any atom is 0.352 e. The second-order valence-corrected chi connectivity index (χ2v) is 5.46. The summed E-state index contributed by atoms with van der Waals surface area (Å²) in [5.41, 5.74) is 1.71. The number of aromatic carboxylic acids is 1. The minimum Gasteiger partial charge on any atom is -0.477 e. The topological polar surface area (TPSA) is 42.2 Å². The number of thioether (sulfide) groups is 1. The highest BCUT2D eigenvalue weighted by molar-refractivity contribution is 7.99. The molecule has 0 radical (unpaired) electrons. The molecule has 3 rings (SSSR count). The van der Waals surface area contributed by atoms with E-state index in [0.29, 0.717) is 11.6 Å². The van der Waals surface area contributed by atoms with Gasteiger partial charge in [-0.2, -0.15) is 0 Å². The first kappa shape index (κ1) is 11.4. The van der Waals surface area contributed by atoms with E-state index in [9.17, 15) is 4.79 Å². The fourth-order valence-electron chi connectivity index (χ4n) is 2.39. The molecule has 2 aromatic rings. The predicted octanol–water partition coefficient (Wildman–Crippen LogP) is 3.08. The van der Waals surface area contributed by atoms with Crippen LogP contribution in [0.5, 0.6) is 0 Å². The molecule has 0 amide bonds. The van der Waals surface area contributed by atoms with Gasteiger partial charge in [0.2, 0.25) is 0 Å². The lowest BCUT2D eigenvalue weighted by Crippen LogP contribution is -2.13. The van der Waals surface area contributed by atoms with Crippen LogP contribution in [0.25, 0.3) is 0 Å². The van der Waals surface area contributed by atoms with E-state index in [4.69, 9.17) is 5.11 Å². The van der Waals surface area contributed by atoms with Gasteiger partial charge in [-0.3, -0.25) is 0 Å². The molecule has 0 bridgehead atoms. The molecule has 1 aromatic heterocycles. The third-order valence-corrected chi connectivity index (χ3v) is 4.52. The van der Waals surface area contributed by atoms with E-state index in [-0.39, 0.29) is 0 Å². The molecule has 0 spiro atoms. The summed E-state index contributed by atoms with van der Waals surface area (Å²) < 4.78 is 1.83. The van der Waals surface area contributed by atoms with Crippen LogP contribution < -0.4 is 0 Å². The summed E-state index contributed by atoms with van der Waals surface area (Å²) in [4.78, 5) is 12.4. The molecule has 1 N–H and O–H groups in total. The van der Waals surface area contributed by atoms with Gasteiger partial charge in [-0.15, -0.1) is 11.8 Å². The summed E-state index contributed by atoms with van der Waals surface area (Å²) in [7, 11) is 0. The number of hydrogen-bond donors (Lipinski definition) is 1. The molecule has 4 heteroatoms. The summed E-state index contributed by atoms with van der Waals surface area (Å²) in [5, 5.41) is 9.10. The Balaban J connectivity index is 1.86. The average molecular weight is 259 g/mol. The van der Waals surface area contributed by atoms with Crippen LogP contribution in [-0.4, -0.2) is 21.4 Å². The Kier molecular flexibility index (Phi) is 2.88. The van der Waals surface area contributed by atoms with Crippen LogP contribution in [-0.2, 0) is 6.54 Å². The fraction of sp³-hybridized carbons (Fsp3) is 0.214. The molecular weight excluding hydrogens is 246 g/mol. The van der Waals surface area contributed by atoms with Gasteiger partial charge >= 0.3 is 5.97 Å².